The van der Waals surface area contributed by atoms with Gasteiger partial charge in [0.1, 0.15) is 5.82 Å². The molecule has 1 heterocycles. The third-order valence-electron chi connectivity index (χ3n) is 3.82. The Morgan fingerprint density at radius 1 is 1.50 bits per heavy atom. The van der Waals surface area contributed by atoms with Crippen LogP contribution in [0.1, 0.15) is 58.1 Å². The molecule has 1 aliphatic heterocycles. The van der Waals surface area contributed by atoms with Crippen molar-refractivity contribution in [3.63, 3.8) is 0 Å². The molecule has 6 heteroatoms. The van der Waals surface area contributed by atoms with E-state index in [2.05, 4.69) is 17.4 Å². The molecular formula is C18H25FN2O2S. The van der Waals surface area contributed by atoms with Gasteiger partial charge < -0.3 is 10.2 Å². The van der Waals surface area contributed by atoms with Gasteiger partial charge in [0.2, 0.25) is 6.10 Å². The molecule has 0 aromatic heterocycles. The first kappa shape index (κ1) is 18.8. The molecule has 1 aromatic rings. The van der Waals surface area contributed by atoms with Gasteiger partial charge in [-0.1, -0.05) is 30.6 Å². The number of nitrogens with one attached hydrogen (secondary N) is 1. The van der Waals surface area contributed by atoms with E-state index in [1.807, 2.05) is 19.9 Å². The monoisotopic (exact) mass is 352 g/mol. The molecule has 0 radical (unpaired) electrons. The van der Waals surface area contributed by atoms with Crippen molar-refractivity contribution in [1.29, 1.82) is 0 Å². The van der Waals surface area contributed by atoms with Gasteiger partial charge in [-0.3, -0.25) is 4.79 Å². The second kappa shape index (κ2) is 9.06. The molecule has 1 aromatic carbocycles. The fourth-order valence-electron chi connectivity index (χ4n) is 2.59. The van der Waals surface area contributed by atoms with E-state index in [0.717, 1.165) is 36.3 Å². The van der Waals surface area contributed by atoms with E-state index >= 15 is 0 Å². The van der Waals surface area contributed by atoms with E-state index in [4.69, 9.17) is 4.84 Å². The van der Waals surface area contributed by atoms with Crippen LogP contribution in [0.2, 0.25) is 0 Å². The molecule has 0 aliphatic carbocycles. The van der Waals surface area contributed by atoms with Crippen LogP contribution in [0.15, 0.2) is 28.3 Å². The van der Waals surface area contributed by atoms with E-state index in [9.17, 15) is 9.18 Å². The number of oxime groups is 1. The zero-order valence-corrected chi connectivity index (χ0v) is 15.3. The highest BCUT2D eigenvalue weighted by Crippen LogP contribution is 2.37. The quantitative estimate of drug-likeness (QED) is 0.583. The lowest BCUT2D eigenvalue weighted by Crippen LogP contribution is -2.39. The molecule has 0 bridgehead atoms. The third-order valence-corrected chi connectivity index (χ3v) is 4.98. The molecule has 0 saturated carbocycles. The van der Waals surface area contributed by atoms with Crippen molar-refractivity contribution < 1.29 is 14.0 Å². The zero-order valence-electron chi connectivity index (χ0n) is 14.5. The number of nitrogens with zero attached hydrogens (tertiary/aromatic N) is 1. The Balaban J connectivity index is 2.09. The number of carbonyl (C=O) groups excluding carboxylic acids is 1. The van der Waals surface area contributed by atoms with Gasteiger partial charge >= 0.3 is 0 Å². The summed E-state index contributed by atoms with van der Waals surface area (Å²) in [7, 11) is 0. The van der Waals surface area contributed by atoms with Crippen LogP contribution >= 0.6 is 11.8 Å². The highest BCUT2D eigenvalue weighted by molar-refractivity contribution is 7.99. The summed E-state index contributed by atoms with van der Waals surface area (Å²) in [5.41, 5.74) is 1.62. The van der Waals surface area contributed by atoms with E-state index in [0.29, 0.717) is 11.3 Å². The number of fused-ring (bicyclic) bond motifs is 1. The fraction of sp³-hybridized carbons (Fsp3) is 0.556. The van der Waals surface area contributed by atoms with Gasteiger partial charge in [0.25, 0.3) is 5.91 Å². The topological polar surface area (TPSA) is 50.7 Å². The number of rotatable bonds is 7. The van der Waals surface area contributed by atoms with Crippen molar-refractivity contribution in [3.05, 3.63) is 29.6 Å². The minimum absolute atomic E-state index is 0.177. The van der Waals surface area contributed by atoms with Crippen molar-refractivity contribution in [1.82, 2.24) is 5.32 Å². The summed E-state index contributed by atoms with van der Waals surface area (Å²) in [5, 5.41) is 6.96. The maximum Gasteiger partial charge on any atom is 0.264 e. The Morgan fingerprint density at radius 3 is 3.00 bits per heavy atom. The van der Waals surface area contributed by atoms with Crippen LogP contribution in [0, 0.1) is 5.82 Å². The van der Waals surface area contributed by atoms with Crippen LogP contribution in [-0.4, -0.2) is 23.5 Å². The first-order chi connectivity index (χ1) is 11.5. The lowest BCUT2D eigenvalue weighted by atomic mass is 10.0. The Hall–Kier alpha value is -1.56. The van der Waals surface area contributed by atoms with Crippen LogP contribution in [0.3, 0.4) is 0 Å². The molecule has 2 rings (SSSR count). The second-order valence-corrected chi connectivity index (χ2v) is 7.24. The van der Waals surface area contributed by atoms with E-state index in [1.165, 1.54) is 17.8 Å². The number of carbonyl (C=O) groups is 1. The van der Waals surface area contributed by atoms with Gasteiger partial charge in [0.05, 0.1) is 11.8 Å². The summed E-state index contributed by atoms with van der Waals surface area (Å²) in [6, 6.07) is 4.85. The van der Waals surface area contributed by atoms with Gasteiger partial charge in [0.15, 0.2) is 0 Å². The summed E-state index contributed by atoms with van der Waals surface area (Å²) < 4.78 is 13.9. The number of hydrogen-bond donors (Lipinski definition) is 1. The summed E-state index contributed by atoms with van der Waals surface area (Å²) in [4.78, 5) is 18.7. The third kappa shape index (κ3) is 4.97. The standard InChI is InChI=1S/C18H25FN2O2S/c1-4-5-9-16(23-21-12(2)3)18(22)20-15-10-11-24-17-13(15)7-6-8-14(17)19/h6-8,15-16H,4-5,9-11H2,1-3H3,(H,20,22)/t15-,16+/m0/s1. The van der Waals surface area contributed by atoms with Crippen molar-refractivity contribution in [2.24, 2.45) is 5.16 Å². The zero-order chi connectivity index (χ0) is 17.5. The van der Waals surface area contributed by atoms with Gasteiger partial charge in [-0.25, -0.2) is 4.39 Å². The molecule has 132 valence electrons. The average molecular weight is 352 g/mol. The molecule has 24 heavy (non-hydrogen) atoms. The number of hydrogen-bond acceptors (Lipinski definition) is 4. The molecular weight excluding hydrogens is 327 g/mol. The molecule has 2 atom stereocenters. The largest absolute Gasteiger partial charge is 0.382 e. The van der Waals surface area contributed by atoms with E-state index in [1.54, 1.807) is 6.07 Å². The van der Waals surface area contributed by atoms with Gasteiger partial charge in [-0.05, 0) is 44.7 Å². The number of amides is 1. The highest BCUT2D eigenvalue weighted by atomic mass is 32.2. The SMILES string of the molecule is CCCC[C@@H](ON=C(C)C)C(=O)N[C@H]1CCSc2c(F)cccc21. The Morgan fingerprint density at radius 2 is 2.29 bits per heavy atom. The summed E-state index contributed by atoms with van der Waals surface area (Å²) >= 11 is 1.50. The number of halogens is 1. The maximum absolute atomic E-state index is 13.9. The molecule has 0 saturated heterocycles. The van der Waals surface area contributed by atoms with Crippen LogP contribution in [0.4, 0.5) is 4.39 Å². The number of thioether (sulfide) groups is 1. The van der Waals surface area contributed by atoms with Crippen LogP contribution in [0.5, 0.6) is 0 Å². The first-order valence-electron chi connectivity index (χ1n) is 8.41. The van der Waals surface area contributed by atoms with Crippen LogP contribution in [0.25, 0.3) is 0 Å². The van der Waals surface area contributed by atoms with E-state index < -0.39 is 6.10 Å². The molecule has 0 spiro atoms. The summed E-state index contributed by atoms with van der Waals surface area (Å²) in [5.74, 6) is 0.382. The van der Waals surface area contributed by atoms with Crippen molar-refractivity contribution in [2.75, 3.05) is 5.75 Å². The lowest BCUT2D eigenvalue weighted by Gasteiger charge is -2.27. The molecule has 1 aliphatic rings. The second-order valence-electron chi connectivity index (χ2n) is 6.13. The minimum Gasteiger partial charge on any atom is -0.382 e. The molecule has 4 nitrogen and oxygen atoms in total. The van der Waals surface area contributed by atoms with Crippen molar-refractivity contribution in [3.8, 4) is 0 Å². The fourth-order valence-corrected chi connectivity index (χ4v) is 3.73. The normalized spacial score (nSPS) is 17.6. The number of benzene rings is 1. The minimum atomic E-state index is -0.605. The summed E-state index contributed by atoms with van der Waals surface area (Å²) in [6.45, 7) is 5.72. The molecule has 0 unspecified atom stereocenters. The van der Waals surface area contributed by atoms with Crippen LogP contribution in [-0.2, 0) is 9.63 Å². The first-order valence-corrected chi connectivity index (χ1v) is 9.40. The highest BCUT2D eigenvalue weighted by Gasteiger charge is 2.28. The Bertz CT molecular complexity index is 603. The maximum atomic E-state index is 13.9. The summed E-state index contributed by atoms with van der Waals surface area (Å²) in [6.07, 6.45) is 2.67. The van der Waals surface area contributed by atoms with Gasteiger partial charge in [0, 0.05) is 10.6 Å². The molecule has 0 fully saturated rings. The van der Waals surface area contributed by atoms with Gasteiger partial charge in [-0.2, -0.15) is 0 Å². The van der Waals surface area contributed by atoms with E-state index in [-0.39, 0.29) is 17.8 Å². The van der Waals surface area contributed by atoms with Crippen molar-refractivity contribution >= 4 is 23.4 Å². The van der Waals surface area contributed by atoms with Crippen molar-refractivity contribution in [2.45, 2.75) is 63.5 Å². The molecule has 1 N–H and O–H groups in total. The molecule has 1 amide bonds. The number of unbranched alkanes of at least 4 members (excludes halogenated alkanes) is 1. The van der Waals surface area contributed by atoms with Crippen LogP contribution < -0.4 is 5.32 Å². The Labute approximate surface area is 147 Å². The Kier molecular flexibility index (Phi) is 7.09. The average Bonchev–Trinajstić information content (AvgIpc) is 2.55. The lowest BCUT2D eigenvalue weighted by molar-refractivity contribution is -0.134. The van der Waals surface area contributed by atoms with Gasteiger partial charge in [-0.15, -0.1) is 11.8 Å². The predicted molar refractivity (Wildman–Crippen MR) is 95.8 cm³/mol. The predicted octanol–water partition coefficient (Wildman–Crippen LogP) is 4.45. The smallest absolute Gasteiger partial charge is 0.264 e.